The minimum absolute atomic E-state index is 0.0940. The highest BCUT2D eigenvalue weighted by Crippen LogP contribution is 2.18. The molecule has 0 bridgehead atoms. The number of esters is 1. The lowest BCUT2D eigenvalue weighted by Gasteiger charge is -2.01. The van der Waals surface area contributed by atoms with Crippen LogP contribution in [0.5, 0.6) is 0 Å². The van der Waals surface area contributed by atoms with Crippen LogP contribution in [-0.4, -0.2) is 23.3 Å². The van der Waals surface area contributed by atoms with E-state index in [-0.39, 0.29) is 5.97 Å². The summed E-state index contributed by atoms with van der Waals surface area (Å²) in [6.07, 6.45) is 5.17. The largest absolute Gasteiger partial charge is 0.466 e. The van der Waals surface area contributed by atoms with Crippen LogP contribution in [0.3, 0.4) is 0 Å². The van der Waals surface area contributed by atoms with Gasteiger partial charge in [0, 0.05) is 12.2 Å². The maximum absolute atomic E-state index is 11.0. The predicted octanol–water partition coefficient (Wildman–Crippen LogP) is 3.20. The summed E-state index contributed by atoms with van der Waals surface area (Å²) in [4.78, 5) is 15.3. The Morgan fingerprint density at radius 1 is 1.47 bits per heavy atom. The third-order valence-corrected chi connectivity index (χ3v) is 3.08. The SMILES string of the molecule is CCOC(=O)CCCCCSc1nc(C)co1. The highest BCUT2D eigenvalue weighted by Gasteiger charge is 2.03. The first-order valence-corrected chi connectivity index (χ1v) is 6.91. The molecule has 0 aliphatic rings. The molecule has 1 aromatic heterocycles. The molecule has 0 amide bonds. The molecule has 1 rings (SSSR count). The topological polar surface area (TPSA) is 52.3 Å². The van der Waals surface area contributed by atoms with Gasteiger partial charge in [-0.1, -0.05) is 18.2 Å². The molecule has 0 atom stereocenters. The smallest absolute Gasteiger partial charge is 0.305 e. The van der Waals surface area contributed by atoms with E-state index in [2.05, 4.69) is 4.98 Å². The average molecular weight is 257 g/mol. The molecule has 5 heteroatoms. The lowest BCUT2D eigenvalue weighted by Crippen LogP contribution is -2.03. The van der Waals surface area contributed by atoms with Crippen molar-refractivity contribution in [1.82, 2.24) is 4.98 Å². The van der Waals surface area contributed by atoms with E-state index in [0.29, 0.717) is 13.0 Å². The van der Waals surface area contributed by atoms with Crippen molar-refractivity contribution in [3.63, 3.8) is 0 Å². The molecule has 0 aromatic carbocycles. The van der Waals surface area contributed by atoms with Gasteiger partial charge in [-0.3, -0.25) is 4.79 Å². The van der Waals surface area contributed by atoms with Gasteiger partial charge in [0.05, 0.1) is 12.3 Å². The number of aromatic nitrogens is 1. The van der Waals surface area contributed by atoms with E-state index in [1.54, 1.807) is 18.0 Å². The molecule has 0 spiro atoms. The Bertz CT molecular complexity index is 338. The molecule has 96 valence electrons. The lowest BCUT2D eigenvalue weighted by molar-refractivity contribution is -0.143. The first kappa shape index (κ1) is 14.1. The quantitative estimate of drug-likeness (QED) is 0.406. The average Bonchev–Trinajstić information content (AvgIpc) is 2.70. The van der Waals surface area contributed by atoms with Crippen LogP contribution in [0.1, 0.15) is 38.3 Å². The molecule has 0 saturated carbocycles. The highest BCUT2D eigenvalue weighted by molar-refractivity contribution is 7.99. The molecule has 0 saturated heterocycles. The maximum Gasteiger partial charge on any atom is 0.305 e. The van der Waals surface area contributed by atoms with Crippen LogP contribution in [0.15, 0.2) is 15.9 Å². The number of carbonyl (C=O) groups excluding carboxylic acids is 1. The summed E-state index contributed by atoms with van der Waals surface area (Å²) in [5, 5.41) is 0.730. The molecule has 17 heavy (non-hydrogen) atoms. The summed E-state index contributed by atoms with van der Waals surface area (Å²) < 4.78 is 10.1. The van der Waals surface area contributed by atoms with Crippen LogP contribution in [0.4, 0.5) is 0 Å². The van der Waals surface area contributed by atoms with Gasteiger partial charge in [-0.05, 0) is 26.7 Å². The third kappa shape index (κ3) is 6.36. The van der Waals surface area contributed by atoms with E-state index in [4.69, 9.17) is 9.15 Å². The summed E-state index contributed by atoms with van der Waals surface area (Å²) in [5.41, 5.74) is 0.912. The first-order chi connectivity index (χ1) is 8.22. The Balaban J connectivity index is 1.96. The van der Waals surface area contributed by atoms with Crippen LogP contribution in [-0.2, 0) is 9.53 Å². The zero-order valence-electron chi connectivity index (χ0n) is 10.4. The van der Waals surface area contributed by atoms with Crippen LogP contribution in [0, 0.1) is 6.92 Å². The molecule has 0 aliphatic carbocycles. The number of aryl methyl sites for hydroxylation is 1. The van der Waals surface area contributed by atoms with Crippen molar-refractivity contribution in [2.24, 2.45) is 0 Å². The van der Waals surface area contributed by atoms with Crippen molar-refractivity contribution < 1.29 is 13.9 Å². The van der Waals surface area contributed by atoms with Crippen LogP contribution >= 0.6 is 11.8 Å². The van der Waals surface area contributed by atoms with Gasteiger partial charge in [-0.25, -0.2) is 4.98 Å². The molecule has 0 fully saturated rings. The fourth-order valence-electron chi connectivity index (χ4n) is 1.34. The second kappa shape index (κ2) is 8.17. The number of ether oxygens (including phenoxy) is 1. The number of thioether (sulfide) groups is 1. The summed E-state index contributed by atoms with van der Waals surface area (Å²) in [5.74, 6) is 0.881. The summed E-state index contributed by atoms with van der Waals surface area (Å²) in [6, 6.07) is 0. The van der Waals surface area contributed by atoms with Crippen molar-refractivity contribution >= 4 is 17.7 Å². The Morgan fingerprint density at radius 3 is 2.94 bits per heavy atom. The standard InChI is InChI=1S/C12H19NO3S/c1-3-15-11(14)7-5-4-6-8-17-12-13-10(2)9-16-12/h9H,3-8H2,1-2H3. The first-order valence-electron chi connectivity index (χ1n) is 5.93. The molecule has 0 unspecified atom stereocenters. The van der Waals surface area contributed by atoms with E-state index in [1.165, 1.54) is 0 Å². The van der Waals surface area contributed by atoms with Crippen molar-refractivity contribution in [2.75, 3.05) is 12.4 Å². The van der Waals surface area contributed by atoms with Crippen molar-refractivity contribution in [3.05, 3.63) is 12.0 Å². The molecule has 1 heterocycles. The van der Waals surface area contributed by atoms with Crippen molar-refractivity contribution in [1.29, 1.82) is 0 Å². The Morgan fingerprint density at radius 2 is 2.29 bits per heavy atom. The summed E-state index contributed by atoms with van der Waals surface area (Å²) >= 11 is 1.62. The number of hydrogen-bond donors (Lipinski definition) is 0. The number of hydrogen-bond acceptors (Lipinski definition) is 5. The Labute approximate surface area is 106 Å². The summed E-state index contributed by atoms with van der Waals surface area (Å²) in [6.45, 7) is 4.21. The molecule has 0 aliphatic heterocycles. The third-order valence-electron chi connectivity index (χ3n) is 2.15. The van der Waals surface area contributed by atoms with E-state index in [9.17, 15) is 4.79 Å². The molecule has 4 nitrogen and oxygen atoms in total. The lowest BCUT2D eigenvalue weighted by atomic mass is 10.2. The van der Waals surface area contributed by atoms with Gasteiger partial charge < -0.3 is 9.15 Å². The van der Waals surface area contributed by atoms with Crippen LogP contribution in [0.25, 0.3) is 0 Å². The van der Waals surface area contributed by atoms with Gasteiger partial charge in [0.1, 0.15) is 6.26 Å². The molecular formula is C12H19NO3S. The van der Waals surface area contributed by atoms with Gasteiger partial charge >= 0.3 is 5.97 Å². The van der Waals surface area contributed by atoms with Crippen LogP contribution < -0.4 is 0 Å². The zero-order chi connectivity index (χ0) is 12.5. The minimum Gasteiger partial charge on any atom is -0.466 e. The monoisotopic (exact) mass is 257 g/mol. The molecule has 0 radical (unpaired) electrons. The summed E-state index contributed by atoms with van der Waals surface area (Å²) in [7, 11) is 0. The zero-order valence-corrected chi connectivity index (χ0v) is 11.2. The molecule has 1 aromatic rings. The van der Waals surface area contributed by atoms with E-state index in [1.807, 2.05) is 13.8 Å². The highest BCUT2D eigenvalue weighted by atomic mass is 32.2. The number of oxazole rings is 1. The van der Waals surface area contributed by atoms with Gasteiger partial charge in [0.25, 0.3) is 5.22 Å². The second-order valence-electron chi connectivity index (χ2n) is 3.72. The Hall–Kier alpha value is -0.970. The van der Waals surface area contributed by atoms with E-state index in [0.717, 1.165) is 35.9 Å². The van der Waals surface area contributed by atoms with Gasteiger partial charge in [-0.2, -0.15) is 0 Å². The van der Waals surface area contributed by atoms with Crippen molar-refractivity contribution in [3.8, 4) is 0 Å². The Kier molecular flexibility index (Phi) is 6.77. The number of carbonyl (C=O) groups is 1. The van der Waals surface area contributed by atoms with Crippen LogP contribution in [0.2, 0.25) is 0 Å². The molecule has 0 N–H and O–H groups in total. The number of rotatable bonds is 8. The van der Waals surface area contributed by atoms with E-state index < -0.39 is 0 Å². The fourth-order valence-corrected chi connectivity index (χ4v) is 2.19. The van der Waals surface area contributed by atoms with Crippen molar-refractivity contribution in [2.45, 2.75) is 44.8 Å². The van der Waals surface area contributed by atoms with Gasteiger partial charge in [0.15, 0.2) is 0 Å². The minimum atomic E-state index is -0.0940. The second-order valence-corrected chi connectivity index (χ2v) is 4.77. The normalized spacial score (nSPS) is 10.5. The predicted molar refractivity (Wildman–Crippen MR) is 67.1 cm³/mol. The van der Waals surface area contributed by atoms with E-state index >= 15 is 0 Å². The van der Waals surface area contributed by atoms with Gasteiger partial charge in [-0.15, -0.1) is 0 Å². The number of nitrogens with zero attached hydrogens (tertiary/aromatic N) is 1. The molecular weight excluding hydrogens is 238 g/mol. The van der Waals surface area contributed by atoms with Gasteiger partial charge in [0.2, 0.25) is 0 Å². The fraction of sp³-hybridized carbons (Fsp3) is 0.667. The number of unbranched alkanes of at least 4 members (excludes halogenated alkanes) is 2. The maximum atomic E-state index is 11.0.